The van der Waals surface area contributed by atoms with E-state index in [2.05, 4.69) is 20.5 Å². The maximum absolute atomic E-state index is 15.1. The SMILES string of the molecule is NCCNCc1ccc(-c2cc(F)c(F)c(-c3ccc(OCC(Cn4cc(CN)nn4)N(CC4CC4)CC4CC4)cc3)c2)cc1. The lowest BCUT2D eigenvalue weighted by atomic mass is 9.97. The molecule has 1 atom stereocenters. The van der Waals surface area contributed by atoms with Crippen LogP contribution in [-0.4, -0.2) is 58.7 Å². The first-order chi connectivity index (χ1) is 22.0. The fraction of sp³-hybridized carbons (Fsp3) is 0.429. The van der Waals surface area contributed by atoms with E-state index in [1.165, 1.54) is 31.7 Å². The van der Waals surface area contributed by atoms with Gasteiger partial charge in [0.15, 0.2) is 11.6 Å². The number of aromatic nitrogens is 3. The molecule has 6 rings (SSSR count). The zero-order valence-corrected chi connectivity index (χ0v) is 25.7. The lowest BCUT2D eigenvalue weighted by Crippen LogP contribution is -2.44. The Balaban J connectivity index is 1.16. The van der Waals surface area contributed by atoms with Crippen LogP contribution in [-0.2, 0) is 19.6 Å². The van der Waals surface area contributed by atoms with Crippen LogP contribution in [0, 0.1) is 23.5 Å². The average molecular weight is 616 g/mol. The van der Waals surface area contributed by atoms with Crippen LogP contribution in [0.15, 0.2) is 66.9 Å². The summed E-state index contributed by atoms with van der Waals surface area (Å²) >= 11 is 0. The molecule has 2 fully saturated rings. The van der Waals surface area contributed by atoms with Gasteiger partial charge in [0.05, 0.1) is 18.3 Å². The maximum atomic E-state index is 15.1. The van der Waals surface area contributed by atoms with Gasteiger partial charge in [-0.05, 0) is 84.0 Å². The van der Waals surface area contributed by atoms with E-state index >= 15 is 4.39 Å². The van der Waals surface area contributed by atoms with Crippen LogP contribution >= 0.6 is 0 Å². The van der Waals surface area contributed by atoms with Crippen molar-refractivity contribution in [2.75, 3.05) is 32.8 Å². The van der Waals surface area contributed by atoms with Crippen molar-refractivity contribution >= 4 is 0 Å². The smallest absolute Gasteiger partial charge is 0.166 e. The Morgan fingerprint density at radius 1 is 0.911 bits per heavy atom. The number of nitrogens with zero attached hydrogens (tertiary/aromatic N) is 4. The molecule has 0 aliphatic heterocycles. The number of rotatable bonds is 17. The normalized spacial score (nSPS) is 15.5. The van der Waals surface area contributed by atoms with E-state index in [0.29, 0.717) is 49.7 Å². The van der Waals surface area contributed by atoms with Crippen LogP contribution in [0.5, 0.6) is 5.75 Å². The van der Waals surface area contributed by atoms with Crippen LogP contribution in [0.25, 0.3) is 22.3 Å². The van der Waals surface area contributed by atoms with E-state index in [4.69, 9.17) is 16.2 Å². The highest BCUT2D eigenvalue weighted by atomic mass is 19.2. The first kappa shape index (κ1) is 31.3. The molecule has 45 heavy (non-hydrogen) atoms. The third-order valence-electron chi connectivity index (χ3n) is 8.66. The van der Waals surface area contributed by atoms with E-state index in [-0.39, 0.29) is 11.6 Å². The molecule has 2 aliphatic carbocycles. The van der Waals surface area contributed by atoms with Gasteiger partial charge in [0.1, 0.15) is 12.4 Å². The third-order valence-corrected chi connectivity index (χ3v) is 8.66. The third kappa shape index (κ3) is 8.52. The van der Waals surface area contributed by atoms with Gasteiger partial charge in [-0.25, -0.2) is 8.78 Å². The van der Waals surface area contributed by atoms with Crippen molar-refractivity contribution in [3.8, 4) is 28.0 Å². The number of nitrogens with two attached hydrogens (primary N) is 2. The standard InChI is InChI=1S/C35H43F2N7O/c36-34-16-29(27-7-5-24(6-8-27)18-40-14-13-38)15-33(35(34)37)28-9-11-32(12-10-28)45-23-31(22-44-21-30(17-39)41-42-44)43(19-25-1-2-25)20-26-3-4-26/h5-12,15-16,21,25-26,31,40H,1-4,13-14,17-20,22-23,38-39H2. The van der Waals surface area contributed by atoms with Crippen molar-refractivity contribution in [2.45, 2.75) is 51.4 Å². The molecule has 2 saturated carbocycles. The first-order valence-corrected chi connectivity index (χ1v) is 16.0. The first-order valence-electron chi connectivity index (χ1n) is 16.0. The summed E-state index contributed by atoms with van der Waals surface area (Å²) < 4.78 is 38.1. The van der Waals surface area contributed by atoms with E-state index in [9.17, 15) is 4.39 Å². The molecule has 0 radical (unpaired) electrons. The van der Waals surface area contributed by atoms with Crippen molar-refractivity contribution in [3.63, 3.8) is 0 Å². The highest BCUT2D eigenvalue weighted by Crippen LogP contribution is 2.35. The summed E-state index contributed by atoms with van der Waals surface area (Å²) in [6.07, 6.45) is 7.05. The number of ether oxygens (including phenoxy) is 1. The zero-order valence-electron chi connectivity index (χ0n) is 25.7. The van der Waals surface area contributed by atoms with Gasteiger partial charge in [-0.3, -0.25) is 9.58 Å². The van der Waals surface area contributed by atoms with Gasteiger partial charge in [-0.15, -0.1) is 5.10 Å². The molecule has 1 heterocycles. The Bertz CT molecular complexity index is 1520. The van der Waals surface area contributed by atoms with E-state index < -0.39 is 11.6 Å². The van der Waals surface area contributed by atoms with Crippen molar-refractivity contribution in [1.82, 2.24) is 25.2 Å². The van der Waals surface area contributed by atoms with Crippen LogP contribution in [0.1, 0.15) is 36.9 Å². The second-order valence-electron chi connectivity index (χ2n) is 12.4. The summed E-state index contributed by atoms with van der Waals surface area (Å²) in [6.45, 7) is 5.63. The minimum Gasteiger partial charge on any atom is -0.492 e. The number of hydrogen-bond donors (Lipinski definition) is 3. The molecule has 1 aromatic heterocycles. The molecule has 238 valence electrons. The topological polar surface area (TPSA) is 107 Å². The molecule has 0 spiro atoms. The second-order valence-corrected chi connectivity index (χ2v) is 12.4. The summed E-state index contributed by atoms with van der Waals surface area (Å²) in [5.41, 5.74) is 15.4. The minimum atomic E-state index is -0.878. The summed E-state index contributed by atoms with van der Waals surface area (Å²) in [5, 5.41) is 11.7. The molecule has 0 amide bonds. The van der Waals surface area contributed by atoms with Crippen molar-refractivity contribution < 1.29 is 13.5 Å². The van der Waals surface area contributed by atoms with Gasteiger partial charge in [0.25, 0.3) is 0 Å². The van der Waals surface area contributed by atoms with Crippen LogP contribution < -0.4 is 21.5 Å². The molecule has 0 saturated heterocycles. The van der Waals surface area contributed by atoms with Gasteiger partial charge in [0.2, 0.25) is 0 Å². The van der Waals surface area contributed by atoms with E-state index in [1.807, 2.05) is 47.3 Å². The predicted octanol–water partition coefficient (Wildman–Crippen LogP) is 4.97. The molecule has 3 aromatic carbocycles. The molecule has 0 bridgehead atoms. The molecule has 8 nitrogen and oxygen atoms in total. The Kier molecular flexibility index (Phi) is 10.1. The summed E-state index contributed by atoms with van der Waals surface area (Å²) in [7, 11) is 0. The van der Waals surface area contributed by atoms with Crippen LogP contribution in [0.3, 0.4) is 0 Å². The van der Waals surface area contributed by atoms with Gasteiger partial charge >= 0.3 is 0 Å². The summed E-state index contributed by atoms with van der Waals surface area (Å²) in [4.78, 5) is 2.57. The van der Waals surface area contributed by atoms with Crippen molar-refractivity contribution in [2.24, 2.45) is 23.3 Å². The summed E-state index contributed by atoms with van der Waals surface area (Å²) in [6, 6.07) is 18.1. The van der Waals surface area contributed by atoms with Crippen molar-refractivity contribution in [1.29, 1.82) is 0 Å². The Morgan fingerprint density at radius 3 is 2.22 bits per heavy atom. The quantitative estimate of drug-likeness (QED) is 0.144. The van der Waals surface area contributed by atoms with Gasteiger partial charge < -0.3 is 21.5 Å². The number of hydrogen-bond acceptors (Lipinski definition) is 7. The molecule has 1 unspecified atom stereocenters. The number of benzene rings is 3. The monoisotopic (exact) mass is 615 g/mol. The Morgan fingerprint density at radius 2 is 1.60 bits per heavy atom. The fourth-order valence-corrected chi connectivity index (χ4v) is 5.69. The van der Waals surface area contributed by atoms with Gasteiger partial charge in [-0.1, -0.05) is 41.6 Å². The minimum absolute atomic E-state index is 0.115. The molecule has 2 aliphatic rings. The molecular weight excluding hydrogens is 572 g/mol. The van der Waals surface area contributed by atoms with Crippen LogP contribution in [0.2, 0.25) is 0 Å². The molecular formula is C35H43F2N7O. The maximum Gasteiger partial charge on any atom is 0.166 e. The zero-order chi connectivity index (χ0) is 31.2. The predicted molar refractivity (Wildman–Crippen MR) is 172 cm³/mol. The molecule has 10 heteroatoms. The second kappa shape index (κ2) is 14.6. The lowest BCUT2D eigenvalue weighted by molar-refractivity contribution is 0.108. The summed E-state index contributed by atoms with van der Waals surface area (Å²) in [5.74, 6) is 0.442. The fourth-order valence-electron chi connectivity index (χ4n) is 5.69. The van der Waals surface area contributed by atoms with Crippen molar-refractivity contribution in [3.05, 3.63) is 89.8 Å². The largest absolute Gasteiger partial charge is 0.492 e. The number of nitrogens with one attached hydrogen (secondary N) is 1. The molecule has 4 aromatic rings. The van der Waals surface area contributed by atoms with E-state index in [1.54, 1.807) is 18.2 Å². The van der Waals surface area contributed by atoms with Gasteiger partial charge in [0, 0.05) is 51.0 Å². The molecule has 5 N–H and O–H groups in total. The lowest BCUT2D eigenvalue weighted by Gasteiger charge is -2.32. The Labute approximate surface area is 263 Å². The van der Waals surface area contributed by atoms with E-state index in [0.717, 1.165) is 48.3 Å². The van der Waals surface area contributed by atoms with Crippen LogP contribution in [0.4, 0.5) is 8.78 Å². The highest BCUT2D eigenvalue weighted by molar-refractivity contribution is 5.74. The van der Waals surface area contributed by atoms with Gasteiger partial charge in [-0.2, -0.15) is 0 Å². The highest BCUT2D eigenvalue weighted by Gasteiger charge is 2.33. The number of halogens is 2. The Hall–Kier alpha value is -3.70. The average Bonchev–Trinajstić information content (AvgIpc) is 4.00.